The molecule has 3 heterocycles. The van der Waals surface area contributed by atoms with Crippen molar-refractivity contribution in [1.29, 1.82) is 0 Å². The van der Waals surface area contributed by atoms with Crippen LogP contribution in [0.2, 0.25) is 0 Å². The number of esters is 1. The molecule has 0 amide bonds. The minimum Gasteiger partial charge on any atom is -0.461 e. The zero-order valence-electron chi connectivity index (χ0n) is 18.2. The van der Waals surface area contributed by atoms with Crippen molar-refractivity contribution in [3.05, 3.63) is 63.1 Å². The quantitative estimate of drug-likeness (QED) is 0.444. The number of fused-ring (bicyclic) bond motifs is 1. The Kier molecular flexibility index (Phi) is 5.76. The lowest BCUT2D eigenvalue weighted by molar-refractivity contribution is 0.0519. The number of para-hydroxylation sites is 1. The lowest BCUT2D eigenvalue weighted by Crippen LogP contribution is -2.31. The molecule has 4 aromatic rings. The number of aromatic nitrogens is 6. The summed E-state index contributed by atoms with van der Waals surface area (Å²) < 4.78 is 9.79. The van der Waals surface area contributed by atoms with Crippen LogP contribution < -0.4 is 11.2 Å². The highest BCUT2D eigenvalue weighted by molar-refractivity contribution is 5.95. The molecule has 166 valence electrons. The van der Waals surface area contributed by atoms with Gasteiger partial charge in [0.25, 0.3) is 5.56 Å². The van der Waals surface area contributed by atoms with E-state index in [1.54, 1.807) is 29.4 Å². The minimum absolute atomic E-state index is 0.0768. The number of benzene rings is 1. The molecule has 0 fully saturated rings. The second-order valence-corrected chi connectivity index (χ2v) is 7.32. The van der Waals surface area contributed by atoms with E-state index in [1.165, 1.54) is 4.57 Å². The van der Waals surface area contributed by atoms with Crippen LogP contribution >= 0.6 is 0 Å². The fraction of sp³-hybridized carbons (Fsp3) is 0.318. The maximum atomic E-state index is 12.7. The fourth-order valence-electron chi connectivity index (χ4n) is 3.61. The number of carbonyl (C=O) groups excluding carboxylic acids is 1. The van der Waals surface area contributed by atoms with Gasteiger partial charge in [0.2, 0.25) is 0 Å². The minimum atomic E-state index is -0.596. The van der Waals surface area contributed by atoms with Gasteiger partial charge in [0.05, 0.1) is 17.9 Å². The van der Waals surface area contributed by atoms with E-state index in [1.807, 2.05) is 37.3 Å². The summed E-state index contributed by atoms with van der Waals surface area (Å²) in [6.07, 6.45) is 3.31. The maximum absolute atomic E-state index is 12.7. The summed E-state index contributed by atoms with van der Waals surface area (Å²) in [4.78, 5) is 44.7. The molecular formula is C22H24N6O4. The highest BCUT2D eigenvalue weighted by atomic mass is 16.5. The van der Waals surface area contributed by atoms with E-state index in [9.17, 15) is 14.4 Å². The third-order valence-corrected chi connectivity index (χ3v) is 5.19. The van der Waals surface area contributed by atoms with Crippen molar-refractivity contribution >= 4 is 17.1 Å². The number of imidazole rings is 1. The van der Waals surface area contributed by atoms with Crippen LogP contribution in [0.1, 0.15) is 37.2 Å². The molecule has 0 saturated heterocycles. The molecule has 0 aliphatic heterocycles. The van der Waals surface area contributed by atoms with Crippen LogP contribution in [0.4, 0.5) is 0 Å². The fourth-order valence-corrected chi connectivity index (χ4v) is 3.61. The molecule has 0 bridgehead atoms. The first-order valence-corrected chi connectivity index (χ1v) is 10.5. The summed E-state index contributed by atoms with van der Waals surface area (Å²) in [7, 11) is 1.67. The first kappa shape index (κ1) is 21.3. The summed E-state index contributed by atoms with van der Waals surface area (Å²) in [5, 5.41) is 4.43. The molecule has 0 aliphatic rings. The lowest BCUT2D eigenvalue weighted by Gasteiger charge is -2.04. The van der Waals surface area contributed by atoms with Crippen molar-refractivity contribution in [2.75, 3.05) is 6.61 Å². The monoisotopic (exact) mass is 436 g/mol. The molecule has 0 radical (unpaired) electrons. The summed E-state index contributed by atoms with van der Waals surface area (Å²) >= 11 is 0. The standard InChI is InChI=1S/C22H24N6O4/c1-4-6-12-27-19-17(20(29)24-22(27)31)26(3)18(23-19)15-13-28(14-10-8-7-9-11-14)25-16(15)21(30)32-5-2/h7-11,13H,4-6,12H2,1-3H3,(H,24,29,31). The summed E-state index contributed by atoms with van der Waals surface area (Å²) in [6.45, 7) is 4.34. The van der Waals surface area contributed by atoms with Gasteiger partial charge < -0.3 is 9.30 Å². The van der Waals surface area contributed by atoms with Crippen LogP contribution in [-0.4, -0.2) is 41.5 Å². The van der Waals surface area contributed by atoms with Crippen molar-refractivity contribution in [3.63, 3.8) is 0 Å². The number of hydrogen-bond acceptors (Lipinski definition) is 6. The van der Waals surface area contributed by atoms with Gasteiger partial charge >= 0.3 is 11.7 Å². The normalized spacial score (nSPS) is 11.2. The van der Waals surface area contributed by atoms with Crippen LogP contribution in [-0.2, 0) is 18.3 Å². The Bertz CT molecular complexity index is 1390. The predicted octanol–water partition coefficient (Wildman–Crippen LogP) is 2.25. The predicted molar refractivity (Wildman–Crippen MR) is 119 cm³/mol. The van der Waals surface area contributed by atoms with Gasteiger partial charge in [-0.1, -0.05) is 31.5 Å². The van der Waals surface area contributed by atoms with Crippen molar-refractivity contribution in [1.82, 2.24) is 28.9 Å². The van der Waals surface area contributed by atoms with E-state index in [0.717, 1.165) is 18.5 Å². The molecule has 0 saturated carbocycles. The average Bonchev–Trinajstić information content (AvgIpc) is 3.36. The Labute approximate surface area is 183 Å². The number of carbonyl (C=O) groups is 1. The van der Waals surface area contributed by atoms with Gasteiger partial charge in [0.1, 0.15) is 5.82 Å². The molecule has 32 heavy (non-hydrogen) atoms. The van der Waals surface area contributed by atoms with E-state index < -0.39 is 17.2 Å². The van der Waals surface area contributed by atoms with Gasteiger partial charge in [-0.3, -0.25) is 14.3 Å². The molecule has 0 spiro atoms. The number of hydrogen-bond donors (Lipinski definition) is 1. The Morgan fingerprint density at radius 2 is 1.91 bits per heavy atom. The van der Waals surface area contributed by atoms with Gasteiger partial charge in [0, 0.05) is 19.8 Å². The molecule has 0 aliphatic carbocycles. The summed E-state index contributed by atoms with van der Waals surface area (Å²) in [6, 6.07) is 9.32. The number of rotatable bonds is 7. The number of nitrogens with one attached hydrogen (secondary N) is 1. The number of nitrogens with zero attached hydrogens (tertiary/aromatic N) is 5. The third-order valence-electron chi connectivity index (χ3n) is 5.19. The zero-order valence-corrected chi connectivity index (χ0v) is 18.2. The second-order valence-electron chi connectivity index (χ2n) is 7.32. The van der Waals surface area contributed by atoms with Crippen molar-refractivity contribution < 1.29 is 9.53 Å². The number of unbranched alkanes of at least 4 members (excludes halogenated alkanes) is 1. The first-order chi connectivity index (χ1) is 15.5. The lowest BCUT2D eigenvalue weighted by atomic mass is 10.2. The number of H-pyrrole nitrogens is 1. The van der Waals surface area contributed by atoms with Crippen LogP contribution in [0, 0.1) is 0 Å². The zero-order chi connectivity index (χ0) is 22.8. The smallest absolute Gasteiger partial charge is 0.359 e. The summed E-state index contributed by atoms with van der Waals surface area (Å²) in [5.74, 6) is -0.256. The van der Waals surface area contributed by atoms with Crippen molar-refractivity contribution in [2.45, 2.75) is 33.2 Å². The highest BCUT2D eigenvalue weighted by Crippen LogP contribution is 2.26. The van der Waals surface area contributed by atoms with Crippen LogP contribution in [0.3, 0.4) is 0 Å². The molecule has 10 heteroatoms. The van der Waals surface area contributed by atoms with Gasteiger partial charge in [-0.15, -0.1) is 0 Å². The third kappa shape index (κ3) is 3.64. The van der Waals surface area contributed by atoms with Crippen molar-refractivity contribution in [3.8, 4) is 17.1 Å². The molecule has 0 unspecified atom stereocenters. The molecule has 1 aromatic carbocycles. The number of aromatic amines is 1. The van der Waals surface area contributed by atoms with Crippen LogP contribution in [0.15, 0.2) is 46.1 Å². The van der Waals surface area contributed by atoms with Gasteiger partial charge in [-0.05, 0) is 25.5 Å². The molecule has 0 atom stereocenters. The average molecular weight is 436 g/mol. The number of aryl methyl sites for hydroxylation is 2. The van der Waals surface area contributed by atoms with Gasteiger partial charge in [-0.2, -0.15) is 5.10 Å². The SMILES string of the molecule is CCCCn1c(=O)[nH]c(=O)c2c1nc(-c1cn(-c3ccccc3)nc1C(=O)OCC)n2C. The Morgan fingerprint density at radius 1 is 1.16 bits per heavy atom. The highest BCUT2D eigenvalue weighted by Gasteiger charge is 2.25. The molecule has 10 nitrogen and oxygen atoms in total. The van der Waals surface area contributed by atoms with E-state index in [2.05, 4.69) is 15.1 Å². The largest absolute Gasteiger partial charge is 0.461 e. The Balaban J connectivity index is 1.97. The maximum Gasteiger partial charge on any atom is 0.359 e. The van der Waals surface area contributed by atoms with E-state index in [-0.39, 0.29) is 23.5 Å². The topological polar surface area (TPSA) is 117 Å². The molecule has 4 rings (SSSR count). The van der Waals surface area contributed by atoms with E-state index >= 15 is 0 Å². The van der Waals surface area contributed by atoms with E-state index in [0.29, 0.717) is 17.9 Å². The van der Waals surface area contributed by atoms with Gasteiger partial charge in [0.15, 0.2) is 16.9 Å². The van der Waals surface area contributed by atoms with E-state index in [4.69, 9.17) is 4.74 Å². The molecule has 1 N–H and O–H groups in total. The van der Waals surface area contributed by atoms with Crippen LogP contribution in [0.25, 0.3) is 28.2 Å². The number of ether oxygens (including phenoxy) is 1. The summed E-state index contributed by atoms with van der Waals surface area (Å²) in [5.41, 5.74) is 0.705. The Morgan fingerprint density at radius 3 is 2.59 bits per heavy atom. The van der Waals surface area contributed by atoms with Crippen molar-refractivity contribution in [2.24, 2.45) is 7.05 Å². The van der Waals surface area contributed by atoms with Gasteiger partial charge in [-0.25, -0.2) is 19.3 Å². The Hall–Kier alpha value is -3.95. The molecular weight excluding hydrogens is 412 g/mol. The second kappa shape index (κ2) is 8.66. The molecule has 3 aromatic heterocycles. The van der Waals surface area contributed by atoms with Crippen LogP contribution in [0.5, 0.6) is 0 Å². The first-order valence-electron chi connectivity index (χ1n) is 10.5.